The second-order valence-electron chi connectivity index (χ2n) is 7.01. The lowest BCUT2D eigenvalue weighted by Gasteiger charge is -2.22. The topological polar surface area (TPSA) is 80.1 Å². The van der Waals surface area contributed by atoms with Gasteiger partial charge in [-0.2, -0.15) is 0 Å². The van der Waals surface area contributed by atoms with Gasteiger partial charge >= 0.3 is 0 Å². The number of carbonyl (C=O) groups is 1. The Morgan fingerprint density at radius 3 is 2.50 bits per heavy atom. The molecule has 1 aromatic heterocycles. The number of benzene rings is 1. The van der Waals surface area contributed by atoms with Crippen molar-refractivity contribution in [3.05, 3.63) is 46.7 Å². The average molecular weight is 578 g/mol. The van der Waals surface area contributed by atoms with Gasteiger partial charge < -0.3 is 29.6 Å². The highest BCUT2D eigenvalue weighted by molar-refractivity contribution is 14.0. The second kappa shape index (κ2) is 14.1. The van der Waals surface area contributed by atoms with Crippen molar-refractivity contribution in [3.8, 4) is 11.5 Å². The number of ether oxygens (including phenoxy) is 2. The Morgan fingerprint density at radius 2 is 1.91 bits per heavy atom. The Hall–Kier alpha value is -2.14. The molecule has 0 atom stereocenters. The number of rotatable bonds is 10. The summed E-state index contributed by atoms with van der Waals surface area (Å²) in [5.41, 5.74) is 2.06. The first-order valence-electron chi connectivity index (χ1n) is 10.2. The number of aromatic nitrogens is 1. The molecule has 0 unspecified atom stereocenters. The van der Waals surface area contributed by atoms with E-state index in [0.717, 1.165) is 28.8 Å². The van der Waals surface area contributed by atoms with E-state index < -0.39 is 0 Å². The summed E-state index contributed by atoms with van der Waals surface area (Å²) < 4.78 is 13.0. The normalized spacial score (nSPS) is 10.9. The van der Waals surface area contributed by atoms with E-state index in [9.17, 15) is 4.79 Å². The van der Waals surface area contributed by atoms with Crippen LogP contribution in [0, 0.1) is 0 Å². The third-order valence-electron chi connectivity index (χ3n) is 4.54. The number of methoxy groups -OCH3 is 1. The average Bonchev–Trinajstić information content (AvgIpc) is 3.06. The number of carbonyl (C=O) groups excluding carboxylic acids is 1. The van der Waals surface area contributed by atoms with E-state index in [2.05, 4.69) is 15.5 Å². The zero-order valence-corrected chi connectivity index (χ0v) is 22.4. The van der Waals surface area contributed by atoms with Crippen LogP contribution in [0.1, 0.15) is 25.1 Å². The quantitative estimate of drug-likeness (QED) is 0.257. The summed E-state index contributed by atoms with van der Waals surface area (Å²) in [6, 6.07) is 7.54. The predicted molar refractivity (Wildman–Crippen MR) is 139 cm³/mol. The molecule has 2 aromatic rings. The number of nitrogens with one attached hydrogen (secondary N) is 2. The van der Waals surface area contributed by atoms with E-state index >= 15 is 0 Å². The fraction of sp³-hybridized carbons (Fsp3) is 0.455. The van der Waals surface area contributed by atoms with Gasteiger partial charge in [-0.1, -0.05) is 17.7 Å². The molecule has 2 N–H and O–H groups in total. The molecular formula is C22H33ClIN5O3. The monoisotopic (exact) mass is 577 g/mol. The molecule has 0 aliphatic rings. The summed E-state index contributed by atoms with van der Waals surface area (Å²) in [4.78, 5) is 18.4. The van der Waals surface area contributed by atoms with E-state index in [-0.39, 0.29) is 36.5 Å². The maximum atomic E-state index is 11.6. The number of halogens is 2. The SMILES string of the molecule is CCNC(=O)COc1ccc(CN=C(NCC)N(C)Cc2cc(Cl)cn2C)cc1OC.I. The number of hydrogen-bond donors (Lipinski definition) is 2. The number of aliphatic imine (C=N–C) groups is 1. The maximum absolute atomic E-state index is 11.6. The number of likely N-dealkylation sites (N-methyl/N-ethyl adjacent to an activating group) is 1. The van der Waals surface area contributed by atoms with Crippen molar-refractivity contribution in [1.82, 2.24) is 20.1 Å². The number of nitrogens with zero attached hydrogens (tertiary/aromatic N) is 3. The van der Waals surface area contributed by atoms with Crippen molar-refractivity contribution in [2.24, 2.45) is 12.0 Å². The predicted octanol–water partition coefficient (Wildman–Crippen LogP) is 3.42. The summed E-state index contributed by atoms with van der Waals surface area (Å²) in [7, 11) is 5.53. The third kappa shape index (κ3) is 8.42. The number of hydrogen-bond acceptors (Lipinski definition) is 4. The summed E-state index contributed by atoms with van der Waals surface area (Å²) in [5, 5.41) is 6.73. The zero-order chi connectivity index (χ0) is 22.8. The molecular weight excluding hydrogens is 545 g/mol. The van der Waals surface area contributed by atoms with Crippen molar-refractivity contribution in [2.75, 3.05) is 33.9 Å². The van der Waals surface area contributed by atoms with Crippen LogP contribution in [0.25, 0.3) is 0 Å². The van der Waals surface area contributed by atoms with Gasteiger partial charge in [-0.05, 0) is 37.6 Å². The van der Waals surface area contributed by atoms with Crippen molar-refractivity contribution in [3.63, 3.8) is 0 Å². The fourth-order valence-electron chi connectivity index (χ4n) is 3.00. The highest BCUT2D eigenvalue weighted by Crippen LogP contribution is 2.28. The lowest BCUT2D eigenvalue weighted by Crippen LogP contribution is -2.38. The largest absolute Gasteiger partial charge is 0.493 e. The third-order valence-corrected chi connectivity index (χ3v) is 4.75. The molecule has 32 heavy (non-hydrogen) atoms. The summed E-state index contributed by atoms with van der Waals surface area (Å²) in [6.45, 7) is 6.30. The summed E-state index contributed by atoms with van der Waals surface area (Å²) in [5.74, 6) is 1.70. The Labute approximate surface area is 212 Å². The molecule has 0 fully saturated rings. The smallest absolute Gasteiger partial charge is 0.257 e. The fourth-order valence-corrected chi connectivity index (χ4v) is 3.27. The van der Waals surface area contributed by atoms with Gasteiger partial charge in [-0.25, -0.2) is 4.99 Å². The van der Waals surface area contributed by atoms with Crippen molar-refractivity contribution < 1.29 is 14.3 Å². The highest BCUT2D eigenvalue weighted by atomic mass is 127. The van der Waals surface area contributed by atoms with Gasteiger partial charge in [-0.3, -0.25) is 4.79 Å². The second-order valence-corrected chi connectivity index (χ2v) is 7.45. The van der Waals surface area contributed by atoms with E-state index in [1.165, 1.54) is 0 Å². The van der Waals surface area contributed by atoms with Crippen molar-refractivity contribution in [2.45, 2.75) is 26.9 Å². The number of amides is 1. The minimum atomic E-state index is -0.170. The van der Waals surface area contributed by atoms with Gasteiger partial charge in [0.05, 0.1) is 25.2 Å². The molecule has 0 aliphatic heterocycles. The van der Waals surface area contributed by atoms with Crippen LogP contribution in [-0.4, -0.2) is 55.2 Å². The molecule has 178 valence electrons. The van der Waals surface area contributed by atoms with E-state index in [1.807, 2.05) is 56.9 Å². The Bertz CT molecular complexity index is 904. The molecule has 0 bridgehead atoms. The lowest BCUT2D eigenvalue weighted by atomic mass is 10.2. The summed E-state index contributed by atoms with van der Waals surface area (Å²) in [6.07, 6.45) is 1.89. The van der Waals surface area contributed by atoms with Gasteiger partial charge in [0.15, 0.2) is 24.1 Å². The van der Waals surface area contributed by atoms with Gasteiger partial charge in [0, 0.05) is 39.1 Å². The van der Waals surface area contributed by atoms with E-state index in [1.54, 1.807) is 13.2 Å². The molecule has 10 heteroatoms. The number of aryl methyl sites for hydroxylation is 1. The molecule has 0 radical (unpaired) electrons. The first-order chi connectivity index (χ1) is 14.9. The van der Waals surface area contributed by atoms with Crippen molar-refractivity contribution >= 4 is 47.4 Å². The van der Waals surface area contributed by atoms with E-state index in [4.69, 9.17) is 26.1 Å². The molecule has 0 saturated carbocycles. The van der Waals surface area contributed by atoms with E-state index in [0.29, 0.717) is 31.1 Å². The Balaban J connectivity index is 0.00000512. The molecule has 1 heterocycles. The highest BCUT2D eigenvalue weighted by Gasteiger charge is 2.11. The van der Waals surface area contributed by atoms with Crippen LogP contribution in [0.2, 0.25) is 5.02 Å². The first kappa shape index (κ1) is 27.9. The van der Waals surface area contributed by atoms with Crippen LogP contribution in [0.15, 0.2) is 35.5 Å². The lowest BCUT2D eigenvalue weighted by molar-refractivity contribution is -0.123. The van der Waals surface area contributed by atoms with Gasteiger partial charge in [0.2, 0.25) is 0 Å². The van der Waals surface area contributed by atoms with Crippen LogP contribution in [0.4, 0.5) is 0 Å². The first-order valence-corrected chi connectivity index (χ1v) is 10.6. The molecule has 1 aromatic carbocycles. The van der Waals surface area contributed by atoms with Crippen LogP contribution in [0.5, 0.6) is 11.5 Å². The summed E-state index contributed by atoms with van der Waals surface area (Å²) >= 11 is 6.10. The van der Waals surface area contributed by atoms with Crippen LogP contribution in [-0.2, 0) is 24.9 Å². The van der Waals surface area contributed by atoms with Gasteiger partial charge in [-0.15, -0.1) is 24.0 Å². The minimum Gasteiger partial charge on any atom is -0.493 e. The van der Waals surface area contributed by atoms with Crippen LogP contribution >= 0.6 is 35.6 Å². The van der Waals surface area contributed by atoms with Gasteiger partial charge in [0.1, 0.15) is 0 Å². The maximum Gasteiger partial charge on any atom is 0.257 e. The standard InChI is InChI=1S/C22H32ClN5O3.HI/c1-6-24-21(29)15-31-19-9-8-16(10-20(19)30-5)12-26-22(25-7-2)28(4)14-18-11-17(23)13-27(18)3;/h8-11,13H,6-7,12,14-15H2,1-5H3,(H,24,29)(H,25,26);1H. The Morgan fingerprint density at radius 1 is 1.19 bits per heavy atom. The zero-order valence-electron chi connectivity index (χ0n) is 19.3. The molecule has 1 amide bonds. The Kier molecular flexibility index (Phi) is 12.3. The van der Waals surface area contributed by atoms with Gasteiger partial charge in [0.25, 0.3) is 5.91 Å². The number of guanidine groups is 1. The molecule has 0 aliphatic carbocycles. The molecule has 0 saturated heterocycles. The van der Waals surface area contributed by atoms with Crippen molar-refractivity contribution in [1.29, 1.82) is 0 Å². The van der Waals surface area contributed by atoms with Crippen LogP contribution < -0.4 is 20.1 Å². The molecule has 8 nitrogen and oxygen atoms in total. The van der Waals surface area contributed by atoms with Crippen LogP contribution in [0.3, 0.4) is 0 Å². The molecule has 2 rings (SSSR count). The molecule has 0 spiro atoms. The minimum absolute atomic E-state index is 0.